The molecule has 0 spiro atoms. The Morgan fingerprint density at radius 3 is 1.76 bits per heavy atom. The molecule has 0 saturated heterocycles. The van der Waals surface area contributed by atoms with Gasteiger partial charge in [-0.1, -0.05) is 54.6 Å². The summed E-state index contributed by atoms with van der Waals surface area (Å²) in [5.41, 5.74) is 11.6. The summed E-state index contributed by atoms with van der Waals surface area (Å²) in [7, 11) is 0. The first-order valence-corrected chi connectivity index (χ1v) is 10.1. The van der Waals surface area contributed by atoms with E-state index in [1.807, 2.05) is 0 Å². The Kier molecular flexibility index (Phi) is 2.85. The third-order valence-electron chi connectivity index (χ3n) is 6.46. The molecule has 3 nitrogen and oxygen atoms in total. The van der Waals surface area contributed by atoms with Gasteiger partial charge in [0.1, 0.15) is 0 Å². The zero-order valence-electron chi connectivity index (χ0n) is 15.8. The van der Waals surface area contributed by atoms with Crippen LogP contribution >= 0.6 is 0 Å². The van der Waals surface area contributed by atoms with Crippen molar-refractivity contribution in [3.05, 3.63) is 95.3 Å². The normalized spacial score (nSPS) is 13.2. The minimum absolute atomic E-state index is 0.901. The van der Waals surface area contributed by atoms with Gasteiger partial charge in [-0.2, -0.15) is 0 Å². The SMILES string of the molecule is c1ccc2c3c([nH]c2c1)Cc1c([nH]c2ccccc12)-c1c([nH]c2ccccc12)C3. The second-order valence-electron chi connectivity index (χ2n) is 8.03. The van der Waals surface area contributed by atoms with Gasteiger partial charge in [-0.25, -0.2) is 0 Å². The lowest BCUT2D eigenvalue weighted by Crippen LogP contribution is -2.02. The molecule has 0 saturated carbocycles. The van der Waals surface area contributed by atoms with Crippen molar-refractivity contribution < 1.29 is 0 Å². The molecule has 29 heavy (non-hydrogen) atoms. The fourth-order valence-electron chi connectivity index (χ4n) is 5.18. The summed E-state index contributed by atoms with van der Waals surface area (Å²) >= 11 is 0. The first-order chi connectivity index (χ1) is 14.4. The quantitative estimate of drug-likeness (QED) is 0.280. The Labute approximate surface area is 167 Å². The van der Waals surface area contributed by atoms with Gasteiger partial charge in [0.25, 0.3) is 0 Å². The number of rotatable bonds is 0. The van der Waals surface area contributed by atoms with Crippen molar-refractivity contribution in [3.8, 4) is 11.3 Å². The monoisotopic (exact) mass is 373 g/mol. The molecule has 0 aliphatic heterocycles. The molecule has 0 unspecified atom stereocenters. The summed E-state index contributed by atoms with van der Waals surface area (Å²) < 4.78 is 0. The van der Waals surface area contributed by atoms with Crippen LogP contribution in [-0.4, -0.2) is 15.0 Å². The first kappa shape index (κ1) is 15.2. The molecule has 0 atom stereocenters. The van der Waals surface area contributed by atoms with Gasteiger partial charge in [-0.05, 0) is 29.3 Å². The lowest BCUT2D eigenvalue weighted by Gasteiger charge is -2.13. The Bertz CT molecular complexity index is 1560. The Balaban J connectivity index is 1.65. The third-order valence-corrected chi connectivity index (χ3v) is 6.46. The van der Waals surface area contributed by atoms with Gasteiger partial charge in [-0.15, -0.1) is 0 Å². The topological polar surface area (TPSA) is 47.4 Å². The molecule has 138 valence electrons. The molecule has 3 N–H and O–H groups in total. The van der Waals surface area contributed by atoms with Crippen LogP contribution in [-0.2, 0) is 12.8 Å². The molecule has 0 fully saturated rings. The maximum absolute atomic E-state index is 3.75. The van der Waals surface area contributed by atoms with Crippen molar-refractivity contribution >= 4 is 32.7 Å². The van der Waals surface area contributed by atoms with E-state index in [9.17, 15) is 0 Å². The van der Waals surface area contributed by atoms with E-state index in [2.05, 4.69) is 87.7 Å². The highest BCUT2D eigenvalue weighted by Crippen LogP contribution is 2.42. The summed E-state index contributed by atoms with van der Waals surface area (Å²) in [6.45, 7) is 0. The highest BCUT2D eigenvalue weighted by Gasteiger charge is 2.25. The number of hydrogen-bond donors (Lipinski definition) is 3. The maximum atomic E-state index is 3.75. The Hall–Kier alpha value is -3.72. The van der Waals surface area contributed by atoms with Crippen molar-refractivity contribution in [2.75, 3.05) is 0 Å². The molecule has 1 aliphatic rings. The van der Waals surface area contributed by atoms with Crippen LogP contribution in [0.1, 0.15) is 22.5 Å². The van der Waals surface area contributed by atoms with Crippen molar-refractivity contribution in [2.45, 2.75) is 12.8 Å². The maximum Gasteiger partial charge on any atom is 0.0525 e. The second-order valence-corrected chi connectivity index (χ2v) is 8.03. The van der Waals surface area contributed by atoms with Crippen LogP contribution < -0.4 is 0 Å². The lowest BCUT2D eigenvalue weighted by molar-refractivity contribution is 1.03. The standard InChI is InChI=1S/C26H19N3/c1-4-10-20-15(7-1)18-13-24-25(17-9-3-6-12-22(17)28-24)26-19(14-23(18)27-20)16-8-2-5-11-21(16)29-26/h1-12,27-29H,13-14H2. The average molecular weight is 373 g/mol. The third kappa shape index (κ3) is 2.02. The molecule has 1 aliphatic carbocycles. The van der Waals surface area contributed by atoms with E-state index in [4.69, 9.17) is 0 Å². The highest BCUT2D eigenvalue weighted by molar-refractivity contribution is 6.02. The molecule has 3 aromatic carbocycles. The van der Waals surface area contributed by atoms with Crippen LogP contribution in [0.5, 0.6) is 0 Å². The van der Waals surface area contributed by atoms with E-state index in [0.717, 1.165) is 12.8 Å². The molecule has 3 aromatic heterocycles. The van der Waals surface area contributed by atoms with E-state index >= 15 is 0 Å². The summed E-state index contributed by atoms with van der Waals surface area (Å²) in [5, 5.41) is 3.93. The summed E-state index contributed by atoms with van der Waals surface area (Å²) in [4.78, 5) is 11.2. The second kappa shape index (κ2) is 5.42. The number of nitrogens with one attached hydrogen (secondary N) is 3. The van der Waals surface area contributed by atoms with Gasteiger partial charge in [0.05, 0.1) is 5.69 Å². The predicted molar refractivity (Wildman–Crippen MR) is 120 cm³/mol. The number of hydrogen-bond acceptors (Lipinski definition) is 0. The number of aromatic amines is 3. The van der Waals surface area contributed by atoms with Crippen LogP contribution in [0.25, 0.3) is 44.0 Å². The number of benzene rings is 3. The Morgan fingerprint density at radius 2 is 1.00 bits per heavy atom. The zero-order valence-corrected chi connectivity index (χ0v) is 15.8. The van der Waals surface area contributed by atoms with Gasteiger partial charge in [0, 0.05) is 62.5 Å². The van der Waals surface area contributed by atoms with Crippen molar-refractivity contribution in [3.63, 3.8) is 0 Å². The van der Waals surface area contributed by atoms with Gasteiger partial charge in [0.2, 0.25) is 0 Å². The van der Waals surface area contributed by atoms with E-state index in [0.29, 0.717) is 0 Å². The molecule has 0 bridgehead atoms. The van der Waals surface area contributed by atoms with E-state index in [1.165, 1.54) is 66.5 Å². The van der Waals surface area contributed by atoms with Gasteiger partial charge in [0.15, 0.2) is 0 Å². The molecule has 3 heterocycles. The van der Waals surface area contributed by atoms with Crippen molar-refractivity contribution in [2.24, 2.45) is 0 Å². The molecular weight excluding hydrogens is 354 g/mol. The molecule has 6 aromatic rings. The van der Waals surface area contributed by atoms with Gasteiger partial charge < -0.3 is 15.0 Å². The van der Waals surface area contributed by atoms with Gasteiger partial charge in [-0.3, -0.25) is 0 Å². The average Bonchev–Trinajstić information content (AvgIpc) is 3.39. The lowest BCUT2D eigenvalue weighted by atomic mass is 9.91. The number of H-pyrrole nitrogens is 3. The number of fused-ring (bicyclic) bond motifs is 10. The molecule has 0 radical (unpaired) electrons. The van der Waals surface area contributed by atoms with E-state index < -0.39 is 0 Å². The van der Waals surface area contributed by atoms with Crippen LogP contribution in [0.3, 0.4) is 0 Å². The van der Waals surface area contributed by atoms with Crippen LogP contribution in [0.4, 0.5) is 0 Å². The highest BCUT2D eigenvalue weighted by atomic mass is 14.8. The summed E-state index contributed by atoms with van der Waals surface area (Å²) in [5.74, 6) is 0. The number of aromatic nitrogens is 3. The van der Waals surface area contributed by atoms with E-state index in [1.54, 1.807) is 0 Å². The molecule has 3 heteroatoms. The largest absolute Gasteiger partial charge is 0.358 e. The summed E-state index contributed by atoms with van der Waals surface area (Å²) in [6, 6.07) is 26.0. The minimum atomic E-state index is 0.901. The van der Waals surface area contributed by atoms with Crippen molar-refractivity contribution in [1.29, 1.82) is 0 Å². The zero-order chi connectivity index (χ0) is 18.9. The van der Waals surface area contributed by atoms with Crippen LogP contribution in [0, 0.1) is 0 Å². The summed E-state index contributed by atoms with van der Waals surface area (Å²) in [6.07, 6.45) is 1.81. The van der Waals surface area contributed by atoms with E-state index in [-0.39, 0.29) is 0 Å². The fourth-order valence-corrected chi connectivity index (χ4v) is 5.18. The van der Waals surface area contributed by atoms with Crippen molar-refractivity contribution in [1.82, 2.24) is 15.0 Å². The molecular formula is C26H19N3. The van der Waals surface area contributed by atoms with Gasteiger partial charge >= 0.3 is 0 Å². The van der Waals surface area contributed by atoms with Crippen LogP contribution in [0.15, 0.2) is 72.8 Å². The smallest absolute Gasteiger partial charge is 0.0525 e. The first-order valence-electron chi connectivity index (χ1n) is 10.1. The van der Waals surface area contributed by atoms with Crippen LogP contribution in [0.2, 0.25) is 0 Å². The molecule has 0 amide bonds. The fraction of sp³-hybridized carbons (Fsp3) is 0.0769. The minimum Gasteiger partial charge on any atom is -0.358 e. The Morgan fingerprint density at radius 1 is 0.483 bits per heavy atom. The molecule has 7 rings (SSSR count). The number of para-hydroxylation sites is 3. The predicted octanol–water partition coefficient (Wildman–Crippen LogP) is 6.29.